The molecular weight excluding hydrogens is 201 g/mol. The molecule has 0 bridgehead atoms. The molecule has 3 N–H and O–H groups in total. The first-order valence-corrected chi connectivity index (χ1v) is 3.76. The highest BCUT2D eigenvalue weighted by Gasteiger charge is 2.07. The van der Waals surface area contributed by atoms with E-state index in [2.05, 4.69) is 19.9 Å². The number of aromatic nitrogens is 4. The Labute approximate surface area is 76.9 Å². The fourth-order valence-corrected chi connectivity index (χ4v) is 1.21. The number of hydrogen-bond acceptors (Lipinski definition) is 4. The first-order chi connectivity index (χ1) is 5.66. The maximum absolute atomic E-state index is 5.57. The molecule has 0 unspecified atom stereocenters. The predicted molar refractivity (Wildman–Crippen MR) is 46.1 cm³/mol. The molecule has 0 aliphatic heterocycles. The third-order valence-corrected chi connectivity index (χ3v) is 1.66. The van der Waals surface area contributed by atoms with Crippen LogP contribution < -0.4 is 5.73 Å². The number of nitrogens with one attached hydrogen (secondary N) is 1. The third-order valence-electron chi connectivity index (χ3n) is 1.32. The molecule has 0 spiro atoms. The monoisotopic (exact) mass is 203 g/mol. The second-order valence-electron chi connectivity index (χ2n) is 2.10. The molecule has 12 heavy (non-hydrogen) atoms. The molecule has 0 fully saturated rings. The van der Waals surface area contributed by atoms with Crippen LogP contribution in [0, 0.1) is 0 Å². The topological polar surface area (TPSA) is 80.5 Å². The molecule has 2 rings (SSSR count). The molecule has 0 aliphatic carbocycles. The Bertz CT molecular complexity index is 437. The van der Waals surface area contributed by atoms with Gasteiger partial charge in [0.25, 0.3) is 0 Å². The summed E-state index contributed by atoms with van der Waals surface area (Å²) in [6.07, 6.45) is 0. The summed E-state index contributed by atoms with van der Waals surface area (Å²) in [5, 5.41) is 0.286. The average molecular weight is 204 g/mol. The van der Waals surface area contributed by atoms with Crippen molar-refractivity contribution in [2.45, 2.75) is 0 Å². The van der Waals surface area contributed by atoms with E-state index in [-0.39, 0.29) is 16.4 Å². The zero-order valence-electron chi connectivity index (χ0n) is 5.67. The van der Waals surface area contributed by atoms with Gasteiger partial charge in [-0.05, 0) is 23.2 Å². The molecule has 0 atom stereocenters. The summed E-state index contributed by atoms with van der Waals surface area (Å²) < 4.78 is 0. The first kappa shape index (κ1) is 7.57. The summed E-state index contributed by atoms with van der Waals surface area (Å²) in [7, 11) is 0. The minimum absolute atomic E-state index is 0.0697. The lowest BCUT2D eigenvalue weighted by atomic mass is 10.5. The summed E-state index contributed by atoms with van der Waals surface area (Å²) in [6.45, 7) is 0. The highest BCUT2D eigenvalue weighted by Crippen LogP contribution is 2.18. The van der Waals surface area contributed by atoms with E-state index in [9.17, 15) is 0 Å². The molecular formula is C5H3Cl2N5. The van der Waals surface area contributed by atoms with Gasteiger partial charge in [0.15, 0.2) is 17.0 Å². The second kappa shape index (κ2) is 2.46. The zero-order chi connectivity index (χ0) is 8.72. The lowest BCUT2D eigenvalue weighted by Gasteiger charge is -1.92. The Balaban J connectivity index is 2.88. The van der Waals surface area contributed by atoms with Gasteiger partial charge in [-0.15, -0.1) is 0 Å². The van der Waals surface area contributed by atoms with Crippen LogP contribution in [-0.2, 0) is 0 Å². The van der Waals surface area contributed by atoms with Gasteiger partial charge in [-0.1, -0.05) is 0 Å². The van der Waals surface area contributed by atoms with Crippen LogP contribution in [0.15, 0.2) is 0 Å². The van der Waals surface area contributed by atoms with Crippen LogP contribution in [0.5, 0.6) is 0 Å². The van der Waals surface area contributed by atoms with Gasteiger partial charge in [-0.2, -0.15) is 9.97 Å². The number of halogens is 2. The van der Waals surface area contributed by atoms with Crippen LogP contribution in [0.4, 0.5) is 5.82 Å². The Morgan fingerprint density at radius 2 is 1.92 bits per heavy atom. The van der Waals surface area contributed by atoms with Gasteiger partial charge in [0, 0.05) is 0 Å². The van der Waals surface area contributed by atoms with E-state index in [4.69, 9.17) is 28.9 Å². The normalized spacial score (nSPS) is 10.8. The van der Waals surface area contributed by atoms with Crippen LogP contribution >= 0.6 is 23.2 Å². The van der Waals surface area contributed by atoms with Gasteiger partial charge in [0.05, 0.1) is 0 Å². The number of imidazole rings is 1. The van der Waals surface area contributed by atoms with Crippen LogP contribution in [0.25, 0.3) is 11.2 Å². The molecule has 0 saturated carbocycles. The molecule has 7 heteroatoms. The summed E-state index contributed by atoms with van der Waals surface area (Å²) in [5.74, 6) is 0.216. The molecule has 0 aliphatic rings. The molecule has 2 aromatic rings. The molecule has 62 valence electrons. The van der Waals surface area contributed by atoms with Crippen molar-refractivity contribution in [3.05, 3.63) is 10.6 Å². The van der Waals surface area contributed by atoms with E-state index < -0.39 is 0 Å². The summed E-state index contributed by atoms with van der Waals surface area (Å²) in [4.78, 5) is 14.1. The number of aromatic amines is 1. The first-order valence-electron chi connectivity index (χ1n) is 3.01. The minimum atomic E-state index is 0.0697. The fourth-order valence-electron chi connectivity index (χ4n) is 0.865. The fraction of sp³-hybridized carbons (Fsp3) is 0. The van der Waals surface area contributed by atoms with Crippen LogP contribution in [0.1, 0.15) is 0 Å². The lowest BCUT2D eigenvalue weighted by molar-refractivity contribution is 1.21. The SMILES string of the molecule is Nc1nc(Cl)nc2[nH]c(Cl)nc12. The van der Waals surface area contributed by atoms with Crippen molar-refractivity contribution in [2.24, 2.45) is 0 Å². The number of nitrogens with zero attached hydrogens (tertiary/aromatic N) is 3. The van der Waals surface area contributed by atoms with Crippen LogP contribution in [0.3, 0.4) is 0 Å². The Morgan fingerprint density at radius 3 is 2.67 bits per heavy atom. The average Bonchev–Trinajstić information content (AvgIpc) is 2.29. The molecule has 0 radical (unpaired) electrons. The van der Waals surface area contributed by atoms with Gasteiger partial charge in [0.2, 0.25) is 10.6 Å². The zero-order valence-corrected chi connectivity index (χ0v) is 7.19. The van der Waals surface area contributed by atoms with E-state index in [1.54, 1.807) is 0 Å². The predicted octanol–water partition coefficient (Wildman–Crippen LogP) is 1.24. The van der Waals surface area contributed by atoms with Crippen molar-refractivity contribution in [1.82, 2.24) is 19.9 Å². The largest absolute Gasteiger partial charge is 0.382 e. The number of fused-ring (bicyclic) bond motifs is 1. The molecule has 0 saturated heterocycles. The minimum Gasteiger partial charge on any atom is -0.382 e. The second-order valence-corrected chi connectivity index (χ2v) is 2.80. The highest BCUT2D eigenvalue weighted by molar-refractivity contribution is 6.30. The van der Waals surface area contributed by atoms with E-state index in [1.165, 1.54) is 0 Å². The van der Waals surface area contributed by atoms with Gasteiger partial charge < -0.3 is 10.7 Å². The molecule has 2 aromatic heterocycles. The quantitative estimate of drug-likeness (QED) is 0.499. The van der Waals surface area contributed by atoms with Gasteiger partial charge in [-0.25, -0.2) is 4.98 Å². The number of H-pyrrole nitrogens is 1. The van der Waals surface area contributed by atoms with Crippen molar-refractivity contribution >= 4 is 40.2 Å². The third kappa shape index (κ3) is 1.07. The molecule has 2 heterocycles. The van der Waals surface area contributed by atoms with Gasteiger partial charge >= 0.3 is 0 Å². The van der Waals surface area contributed by atoms with Gasteiger partial charge in [0.1, 0.15) is 0 Å². The van der Waals surface area contributed by atoms with Crippen molar-refractivity contribution in [1.29, 1.82) is 0 Å². The Morgan fingerprint density at radius 1 is 1.17 bits per heavy atom. The van der Waals surface area contributed by atoms with Crippen molar-refractivity contribution in [2.75, 3.05) is 5.73 Å². The van der Waals surface area contributed by atoms with Crippen molar-refractivity contribution in [3.8, 4) is 0 Å². The van der Waals surface area contributed by atoms with E-state index in [0.29, 0.717) is 11.2 Å². The van der Waals surface area contributed by atoms with Crippen LogP contribution in [-0.4, -0.2) is 19.9 Å². The number of rotatable bonds is 0. The summed E-state index contributed by atoms with van der Waals surface area (Å²) >= 11 is 11.1. The van der Waals surface area contributed by atoms with Crippen molar-refractivity contribution in [3.63, 3.8) is 0 Å². The number of anilines is 1. The number of nitrogens with two attached hydrogens (primary N) is 1. The maximum atomic E-state index is 5.57. The standard InChI is InChI=1S/C5H3Cl2N5/c6-4-9-1-2(8)10-5(7)12-3(1)11-4/h(H3,8,9,10,11,12). The van der Waals surface area contributed by atoms with E-state index in [0.717, 1.165) is 0 Å². The molecule has 0 amide bonds. The lowest BCUT2D eigenvalue weighted by Crippen LogP contribution is -1.93. The number of hydrogen-bond donors (Lipinski definition) is 2. The maximum Gasteiger partial charge on any atom is 0.226 e. The molecule has 5 nitrogen and oxygen atoms in total. The smallest absolute Gasteiger partial charge is 0.226 e. The molecule has 0 aromatic carbocycles. The summed E-state index contributed by atoms with van der Waals surface area (Å²) in [5.41, 5.74) is 6.37. The highest BCUT2D eigenvalue weighted by atomic mass is 35.5. The van der Waals surface area contributed by atoms with E-state index in [1.807, 2.05) is 0 Å². The van der Waals surface area contributed by atoms with Crippen molar-refractivity contribution < 1.29 is 0 Å². The Kier molecular flexibility index (Phi) is 1.55. The van der Waals surface area contributed by atoms with E-state index >= 15 is 0 Å². The number of nitrogen functional groups attached to an aromatic ring is 1. The summed E-state index contributed by atoms with van der Waals surface area (Å²) in [6, 6.07) is 0. The van der Waals surface area contributed by atoms with Gasteiger partial charge in [-0.3, -0.25) is 0 Å². The Hall–Kier alpha value is -1.07. The van der Waals surface area contributed by atoms with Crippen LogP contribution in [0.2, 0.25) is 10.6 Å².